The first kappa shape index (κ1) is 26.0. The lowest BCUT2D eigenvalue weighted by Gasteiger charge is -2.32. The molecule has 192 valence electrons. The Hall–Kier alpha value is -4.07. The molecule has 0 saturated heterocycles. The number of hydrogen-bond acceptors (Lipinski definition) is 4. The number of para-hydroxylation sites is 1. The summed E-state index contributed by atoms with van der Waals surface area (Å²) < 4.78 is 15.4. The maximum Gasteiger partial charge on any atom is 0.249 e. The van der Waals surface area contributed by atoms with Gasteiger partial charge in [0.2, 0.25) is 11.8 Å². The molecule has 8 heteroatoms. The molecule has 4 rings (SSSR count). The van der Waals surface area contributed by atoms with Gasteiger partial charge in [-0.15, -0.1) is 5.10 Å². The van der Waals surface area contributed by atoms with Crippen LogP contribution in [0.25, 0.3) is 11.0 Å². The van der Waals surface area contributed by atoms with Crippen LogP contribution in [-0.4, -0.2) is 33.4 Å². The Balaban J connectivity index is 1.78. The molecule has 37 heavy (non-hydrogen) atoms. The van der Waals surface area contributed by atoms with E-state index < -0.39 is 11.9 Å². The van der Waals surface area contributed by atoms with Crippen LogP contribution in [0.5, 0.6) is 0 Å². The van der Waals surface area contributed by atoms with Gasteiger partial charge in [0, 0.05) is 12.2 Å². The summed E-state index contributed by atoms with van der Waals surface area (Å²) in [5.41, 5.74) is 4.53. The normalized spacial score (nSPS) is 12.1. The van der Waals surface area contributed by atoms with Crippen LogP contribution in [0, 0.1) is 25.6 Å². The molecule has 0 spiro atoms. The highest BCUT2D eigenvalue weighted by molar-refractivity contribution is 6.01. The highest BCUT2D eigenvalue weighted by Crippen LogP contribution is 2.30. The first-order valence-corrected chi connectivity index (χ1v) is 12.5. The maximum atomic E-state index is 14.0. The number of aryl methyl sites for hydroxylation is 2. The predicted octanol–water partition coefficient (Wildman–Crippen LogP) is 5.12. The SMILES string of the molecule is Cc1ccc(N(C(=O)Cn2nnc3ccccc32)[C@@H](C(=O)NCCC(C)C)c2ccc(F)cc2)cc1C. The van der Waals surface area contributed by atoms with Gasteiger partial charge in [0.25, 0.3) is 0 Å². The minimum Gasteiger partial charge on any atom is -0.354 e. The van der Waals surface area contributed by atoms with Crippen molar-refractivity contribution >= 4 is 28.5 Å². The number of nitrogens with zero attached hydrogens (tertiary/aromatic N) is 4. The second-order valence-corrected chi connectivity index (χ2v) is 9.70. The average molecular weight is 502 g/mol. The van der Waals surface area contributed by atoms with E-state index in [2.05, 4.69) is 29.5 Å². The monoisotopic (exact) mass is 501 g/mol. The number of rotatable bonds is 9. The second-order valence-electron chi connectivity index (χ2n) is 9.70. The van der Waals surface area contributed by atoms with Gasteiger partial charge in [-0.05, 0) is 79.3 Å². The predicted molar refractivity (Wildman–Crippen MR) is 143 cm³/mol. The van der Waals surface area contributed by atoms with Crippen molar-refractivity contribution in [2.75, 3.05) is 11.4 Å². The molecule has 4 aromatic rings. The lowest BCUT2D eigenvalue weighted by molar-refractivity contribution is -0.127. The zero-order valence-corrected chi connectivity index (χ0v) is 21.6. The van der Waals surface area contributed by atoms with Crippen molar-refractivity contribution in [3.8, 4) is 0 Å². The summed E-state index contributed by atoms with van der Waals surface area (Å²) in [7, 11) is 0. The summed E-state index contributed by atoms with van der Waals surface area (Å²) in [6.07, 6.45) is 0.796. The van der Waals surface area contributed by atoms with Crippen molar-refractivity contribution in [3.63, 3.8) is 0 Å². The van der Waals surface area contributed by atoms with E-state index in [1.807, 2.05) is 56.3 Å². The van der Waals surface area contributed by atoms with Crippen molar-refractivity contribution in [1.29, 1.82) is 0 Å². The first-order valence-electron chi connectivity index (χ1n) is 12.5. The van der Waals surface area contributed by atoms with Gasteiger partial charge in [0.15, 0.2) is 0 Å². The van der Waals surface area contributed by atoms with E-state index in [9.17, 15) is 14.0 Å². The van der Waals surface area contributed by atoms with Gasteiger partial charge in [0.05, 0.1) is 5.52 Å². The van der Waals surface area contributed by atoms with Gasteiger partial charge in [-0.3, -0.25) is 14.5 Å². The van der Waals surface area contributed by atoms with E-state index in [4.69, 9.17) is 0 Å². The summed E-state index contributed by atoms with van der Waals surface area (Å²) in [6, 6.07) is 17.7. The Kier molecular flexibility index (Phi) is 7.96. The molecule has 0 aliphatic carbocycles. The van der Waals surface area contributed by atoms with Crippen molar-refractivity contribution in [2.24, 2.45) is 5.92 Å². The molecule has 0 saturated carbocycles. The van der Waals surface area contributed by atoms with Gasteiger partial charge in [-0.2, -0.15) is 0 Å². The lowest BCUT2D eigenvalue weighted by atomic mass is 10.0. The Bertz CT molecular complexity index is 1400. The largest absolute Gasteiger partial charge is 0.354 e. The number of fused-ring (bicyclic) bond motifs is 1. The van der Waals surface area contributed by atoms with Crippen molar-refractivity contribution in [3.05, 3.63) is 89.2 Å². The van der Waals surface area contributed by atoms with Gasteiger partial charge in [-0.1, -0.05) is 49.4 Å². The summed E-state index contributed by atoms with van der Waals surface area (Å²) in [5, 5.41) is 11.3. The molecule has 2 amide bonds. The number of carbonyl (C=O) groups is 2. The molecule has 0 bridgehead atoms. The van der Waals surface area contributed by atoms with Crippen LogP contribution in [0.3, 0.4) is 0 Å². The van der Waals surface area contributed by atoms with Gasteiger partial charge >= 0.3 is 0 Å². The van der Waals surface area contributed by atoms with Crippen molar-refractivity contribution in [1.82, 2.24) is 20.3 Å². The zero-order valence-electron chi connectivity index (χ0n) is 21.6. The number of aromatic nitrogens is 3. The van der Waals surface area contributed by atoms with E-state index in [0.717, 1.165) is 23.1 Å². The molecule has 0 fully saturated rings. The van der Waals surface area contributed by atoms with E-state index in [-0.39, 0.29) is 18.4 Å². The molecule has 0 unspecified atom stereocenters. The van der Waals surface area contributed by atoms with E-state index in [1.165, 1.54) is 21.7 Å². The summed E-state index contributed by atoms with van der Waals surface area (Å²) in [6.45, 7) is 8.46. The van der Waals surface area contributed by atoms with Crippen LogP contribution < -0.4 is 10.2 Å². The third-order valence-corrected chi connectivity index (χ3v) is 6.46. The van der Waals surface area contributed by atoms with Gasteiger partial charge < -0.3 is 5.32 Å². The number of nitrogens with one attached hydrogen (secondary N) is 1. The number of halogens is 1. The first-order chi connectivity index (χ1) is 17.7. The zero-order chi connectivity index (χ0) is 26.5. The number of amides is 2. The fraction of sp³-hybridized carbons (Fsp3) is 0.310. The Morgan fingerprint density at radius 2 is 1.73 bits per heavy atom. The molecule has 1 aromatic heterocycles. The topological polar surface area (TPSA) is 80.1 Å². The molecule has 1 heterocycles. The van der Waals surface area contributed by atoms with Crippen molar-refractivity contribution < 1.29 is 14.0 Å². The quantitative estimate of drug-likeness (QED) is 0.345. The molecule has 3 aromatic carbocycles. The Morgan fingerprint density at radius 3 is 2.43 bits per heavy atom. The number of hydrogen-bond donors (Lipinski definition) is 1. The minimum atomic E-state index is -1.00. The van der Waals surface area contributed by atoms with Crippen LogP contribution in [0.1, 0.15) is 43.0 Å². The van der Waals surface area contributed by atoms with Crippen LogP contribution in [0.2, 0.25) is 0 Å². The van der Waals surface area contributed by atoms with Crippen LogP contribution in [-0.2, 0) is 16.1 Å². The molecule has 1 N–H and O–H groups in total. The standard InChI is InChI=1S/C29H32FN5O2/c1-19(2)15-16-31-29(37)28(22-10-12-23(30)13-11-22)35(24-14-9-20(3)21(4)17-24)27(36)18-34-26-8-6-5-7-25(26)32-33-34/h5-14,17,19,28H,15-16,18H2,1-4H3,(H,31,37)/t28-/m1/s1. The molecule has 0 radical (unpaired) electrons. The molecule has 1 atom stereocenters. The fourth-order valence-electron chi connectivity index (χ4n) is 4.19. The van der Waals surface area contributed by atoms with Crippen LogP contribution in [0.15, 0.2) is 66.7 Å². The van der Waals surface area contributed by atoms with Crippen molar-refractivity contribution in [2.45, 2.75) is 46.7 Å². The molecule has 0 aliphatic rings. The number of carbonyl (C=O) groups excluding carboxylic acids is 2. The lowest BCUT2D eigenvalue weighted by Crippen LogP contribution is -2.45. The summed E-state index contributed by atoms with van der Waals surface area (Å²) in [5.74, 6) is -0.682. The third-order valence-electron chi connectivity index (χ3n) is 6.46. The Morgan fingerprint density at radius 1 is 1.00 bits per heavy atom. The maximum absolute atomic E-state index is 14.0. The van der Waals surface area contributed by atoms with Crippen LogP contribution >= 0.6 is 0 Å². The van der Waals surface area contributed by atoms with Crippen LogP contribution in [0.4, 0.5) is 10.1 Å². The molecular formula is C29H32FN5O2. The number of anilines is 1. The summed E-state index contributed by atoms with van der Waals surface area (Å²) >= 11 is 0. The highest BCUT2D eigenvalue weighted by atomic mass is 19.1. The van der Waals surface area contributed by atoms with Gasteiger partial charge in [-0.25, -0.2) is 9.07 Å². The second kappa shape index (κ2) is 11.3. The number of benzene rings is 3. The fourth-order valence-corrected chi connectivity index (χ4v) is 4.19. The third kappa shape index (κ3) is 6.02. The molecular weight excluding hydrogens is 469 g/mol. The highest BCUT2D eigenvalue weighted by Gasteiger charge is 2.33. The van der Waals surface area contributed by atoms with E-state index >= 15 is 0 Å². The molecule has 7 nitrogen and oxygen atoms in total. The Labute approximate surface area is 216 Å². The minimum absolute atomic E-state index is 0.121. The summed E-state index contributed by atoms with van der Waals surface area (Å²) in [4.78, 5) is 29.2. The van der Waals surface area contributed by atoms with E-state index in [0.29, 0.717) is 29.2 Å². The smallest absolute Gasteiger partial charge is 0.249 e. The molecule has 0 aliphatic heterocycles. The average Bonchev–Trinajstić information content (AvgIpc) is 3.27. The van der Waals surface area contributed by atoms with E-state index in [1.54, 1.807) is 12.1 Å². The van der Waals surface area contributed by atoms with Gasteiger partial charge in [0.1, 0.15) is 23.9 Å².